The molecule has 0 bridgehead atoms. The normalized spacial score (nSPS) is 13.7. The smallest absolute Gasteiger partial charge is 0.231 e. The summed E-state index contributed by atoms with van der Waals surface area (Å²) in [6.07, 6.45) is 1.13. The molecule has 3 rings (SSSR count). The van der Waals surface area contributed by atoms with Crippen molar-refractivity contribution in [2.45, 2.75) is 18.9 Å². The predicted octanol–water partition coefficient (Wildman–Crippen LogP) is 2.77. The van der Waals surface area contributed by atoms with Gasteiger partial charge in [-0.25, -0.2) is 0 Å². The van der Waals surface area contributed by atoms with Gasteiger partial charge in [-0.15, -0.1) is 0 Å². The van der Waals surface area contributed by atoms with Crippen LogP contribution in [0.3, 0.4) is 0 Å². The first kappa shape index (κ1) is 17.3. The van der Waals surface area contributed by atoms with Gasteiger partial charge in [0.25, 0.3) is 0 Å². The van der Waals surface area contributed by atoms with Gasteiger partial charge in [0.05, 0.1) is 6.04 Å². The van der Waals surface area contributed by atoms with E-state index in [1.165, 1.54) is 5.56 Å². The van der Waals surface area contributed by atoms with Crippen LogP contribution in [-0.2, 0) is 11.2 Å². The molecule has 1 aliphatic rings. The van der Waals surface area contributed by atoms with Crippen molar-refractivity contribution in [2.24, 2.45) is 0 Å². The maximum Gasteiger partial charge on any atom is 0.231 e. The highest BCUT2D eigenvalue weighted by molar-refractivity contribution is 5.76. The fourth-order valence-corrected chi connectivity index (χ4v) is 2.93. The molecule has 1 atom stereocenters. The van der Waals surface area contributed by atoms with E-state index in [1.807, 2.05) is 50.5 Å². The van der Waals surface area contributed by atoms with Crippen LogP contribution in [0, 0.1) is 0 Å². The Hall–Kier alpha value is -2.53. The molecule has 2 aromatic carbocycles. The number of carbonyl (C=O) groups excluding carboxylic acids is 1. The van der Waals surface area contributed by atoms with Gasteiger partial charge < -0.3 is 19.7 Å². The minimum atomic E-state index is 0.0560. The van der Waals surface area contributed by atoms with Gasteiger partial charge in [-0.05, 0) is 43.8 Å². The number of ether oxygens (including phenoxy) is 2. The Balaban J connectivity index is 1.50. The van der Waals surface area contributed by atoms with Crippen molar-refractivity contribution >= 4 is 5.91 Å². The van der Waals surface area contributed by atoms with E-state index in [4.69, 9.17) is 9.47 Å². The van der Waals surface area contributed by atoms with Gasteiger partial charge in [0, 0.05) is 13.0 Å². The van der Waals surface area contributed by atoms with Gasteiger partial charge in [-0.2, -0.15) is 0 Å². The monoisotopic (exact) mass is 340 g/mol. The fourth-order valence-electron chi connectivity index (χ4n) is 2.93. The summed E-state index contributed by atoms with van der Waals surface area (Å²) in [4.78, 5) is 14.3. The van der Waals surface area contributed by atoms with E-state index in [9.17, 15) is 4.79 Å². The van der Waals surface area contributed by atoms with Crippen LogP contribution in [-0.4, -0.2) is 38.2 Å². The van der Waals surface area contributed by atoms with Gasteiger partial charge in [0.15, 0.2) is 11.5 Å². The lowest BCUT2D eigenvalue weighted by Crippen LogP contribution is -2.34. The zero-order valence-corrected chi connectivity index (χ0v) is 14.7. The molecular formula is C20H24N2O3. The number of benzene rings is 2. The maximum atomic E-state index is 12.2. The number of amides is 1. The van der Waals surface area contributed by atoms with Crippen molar-refractivity contribution in [3.63, 3.8) is 0 Å². The van der Waals surface area contributed by atoms with E-state index >= 15 is 0 Å². The summed E-state index contributed by atoms with van der Waals surface area (Å²) < 4.78 is 10.7. The van der Waals surface area contributed by atoms with Gasteiger partial charge in [0.2, 0.25) is 12.7 Å². The van der Waals surface area contributed by atoms with Crippen molar-refractivity contribution < 1.29 is 14.3 Å². The van der Waals surface area contributed by atoms with Crippen molar-refractivity contribution in [2.75, 3.05) is 27.4 Å². The van der Waals surface area contributed by atoms with E-state index in [1.54, 1.807) is 0 Å². The summed E-state index contributed by atoms with van der Waals surface area (Å²) in [5.74, 6) is 1.58. The van der Waals surface area contributed by atoms with Gasteiger partial charge in [-0.1, -0.05) is 36.4 Å². The maximum absolute atomic E-state index is 12.2. The molecular weight excluding hydrogens is 316 g/mol. The largest absolute Gasteiger partial charge is 0.454 e. The molecule has 1 N–H and O–H groups in total. The van der Waals surface area contributed by atoms with Gasteiger partial charge >= 0.3 is 0 Å². The fraction of sp³-hybridized carbons (Fsp3) is 0.350. The van der Waals surface area contributed by atoms with Crippen LogP contribution in [0.1, 0.15) is 23.6 Å². The molecule has 5 nitrogen and oxygen atoms in total. The lowest BCUT2D eigenvalue weighted by molar-refractivity contribution is -0.121. The second-order valence-electron chi connectivity index (χ2n) is 6.38. The number of hydrogen-bond acceptors (Lipinski definition) is 4. The molecule has 1 amide bonds. The topological polar surface area (TPSA) is 50.8 Å². The minimum Gasteiger partial charge on any atom is -0.454 e. The Morgan fingerprint density at radius 2 is 1.88 bits per heavy atom. The Bertz CT molecular complexity index is 716. The summed E-state index contributed by atoms with van der Waals surface area (Å²) >= 11 is 0. The molecule has 0 fully saturated rings. The van der Waals surface area contributed by atoms with Crippen LogP contribution in [0.4, 0.5) is 0 Å². The number of fused-ring (bicyclic) bond motifs is 1. The Labute approximate surface area is 148 Å². The molecule has 1 aliphatic heterocycles. The molecule has 1 heterocycles. The summed E-state index contributed by atoms with van der Waals surface area (Å²) in [6.45, 7) is 0.863. The average molecular weight is 340 g/mol. The van der Waals surface area contributed by atoms with Crippen molar-refractivity contribution in [1.29, 1.82) is 0 Å². The summed E-state index contributed by atoms with van der Waals surface area (Å²) in [6, 6.07) is 16.2. The summed E-state index contributed by atoms with van der Waals surface area (Å²) in [5, 5.41) is 3.05. The minimum absolute atomic E-state index is 0.0560. The number of nitrogens with one attached hydrogen (secondary N) is 1. The van der Waals surface area contributed by atoms with E-state index < -0.39 is 0 Å². The lowest BCUT2D eigenvalue weighted by Gasteiger charge is -2.25. The molecule has 0 saturated carbocycles. The first-order chi connectivity index (χ1) is 12.1. The Morgan fingerprint density at radius 1 is 1.12 bits per heavy atom. The third-order valence-corrected chi connectivity index (χ3v) is 4.38. The second kappa shape index (κ2) is 8.03. The van der Waals surface area contributed by atoms with Crippen molar-refractivity contribution in [3.05, 3.63) is 59.7 Å². The molecule has 0 aromatic heterocycles. The van der Waals surface area contributed by atoms with Crippen LogP contribution < -0.4 is 14.8 Å². The highest BCUT2D eigenvalue weighted by Crippen LogP contribution is 2.32. The molecule has 5 heteroatoms. The van der Waals surface area contributed by atoms with Crippen LogP contribution in [0.5, 0.6) is 11.5 Å². The number of rotatable bonds is 7. The SMILES string of the molecule is CN(C)[C@@H](CNC(=O)CCc1ccc2c(c1)OCO2)c1ccccc1. The van der Waals surface area contributed by atoms with E-state index in [0.29, 0.717) is 19.4 Å². The molecule has 0 aliphatic carbocycles. The van der Waals surface area contributed by atoms with Crippen LogP contribution in [0.2, 0.25) is 0 Å². The van der Waals surface area contributed by atoms with E-state index in [2.05, 4.69) is 22.3 Å². The third-order valence-electron chi connectivity index (χ3n) is 4.38. The van der Waals surface area contributed by atoms with Gasteiger partial charge in [0.1, 0.15) is 0 Å². The number of carbonyl (C=O) groups is 1. The molecule has 132 valence electrons. The highest BCUT2D eigenvalue weighted by atomic mass is 16.7. The van der Waals surface area contributed by atoms with Gasteiger partial charge in [-0.3, -0.25) is 4.79 Å². The standard InChI is InChI=1S/C20H24N2O3/c1-22(2)17(16-6-4-3-5-7-16)13-21-20(23)11-9-15-8-10-18-19(12-15)25-14-24-18/h3-8,10,12,17H,9,11,13-14H2,1-2H3,(H,21,23)/t17-/m0/s1. The first-order valence-electron chi connectivity index (χ1n) is 8.50. The predicted molar refractivity (Wildman–Crippen MR) is 96.8 cm³/mol. The highest BCUT2D eigenvalue weighted by Gasteiger charge is 2.16. The van der Waals surface area contributed by atoms with Crippen molar-refractivity contribution in [1.82, 2.24) is 10.2 Å². The first-order valence-corrected chi connectivity index (χ1v) is 8.50. The number of hydrogen-bond donors (Lipinski definition) is 1. The van der Waals surface area contributed by atoms with Crippen LogP contribution >= 0.6 is 0 Å². The Morgan fingerprint density at radius 3 is 2.64 bits per heavy atom. The molecule has 0 spiro atoms. The van der Waals surface area contributed by atoms with Crippen LogP contribution in [0.25, 0.3) is 0 Å². The summed E-state index contributed by atoms with van der Waals surface area (Å²) in [5.41, 5.74) is 2.27. The Kier molecular flexibility index (Phi) is 5.56. The van der Waals surface area contributed by atoms with E-state index in [-0.39, 0.29) is 18.7 Å². The molecule has 2 aromatic rings. The number of aryl methyl sites for hydroxylation is 1. The molecule has 25 heavy (non-hydrogen) atoms. The lowest BCUT2D eigenvalue weighted by atomic mass is 10.1. The second-order valence-corrected chi connectivity index (χ2v) is 6.38. The quantitative estimate of drug-likeness (QED) is 0.842. The van der Waals surface area contributed by atoms with Crippen LogP contribution in [0.15, 0.2) is 48.5 Å². The summed E-state index contributed by atoms with van der Waals surface area (Å²) in [7, 11) is 4.05. The van der Waals surface area contributed by atoms with Crippen molar-refractivity contribution in [3.8, 4) is 11.5 Å². The third kappa shape index (κ3) is 4.51. The zero-order chi connectivity index (χ0) is 17.6. The molecule has 0 saturated heterocycles. The number of likely N-dealkylation sites (N-methyl/N-ethyl adjacent to an activating group) is 1. The average Bonchev–Trinajstić information content (AvgIpc) is 3.08. The zero-order valence-electron chi connectivity index (χ0n) is 14.7. The molecule has 0 unspecified atom stereocenters. The molecule has 0 radical (unpaired) electrons. The number of nitrogens with zero attached hydrogens (tertiary/aromatic N) is 1. The van der Waals surface area contributed by atoms with E-state index in [0.717, 1.165) is 17.1 Å².